The first-order valence-electron chi connectivity index (χ1n) is 5.52. The van der Waals surface area contributed by atoms with Gasteiger partial charge in [0.2, 0.25) is 0 Å². The third-order valence-corrected chi connectivity index (χ3v) is 3.57. The number of pyridine rings is 1. The Morgan fingerprint density at radius 1 is 0.812 bits per heavy atom. The molecule has 0 atom stereocenters. The molecule has 3 heteroatoms. The molecule has 0 aliphatic heterocycles. The van der Waals surface area contributed by atoms with E-state index in [0.717, 1.165) is 11.3 Å². The normalized spacial score (nSPS) is 11.8. The van der Waals surface area contributed by atoms with Gasteiger partial charge in [0.1, 0.15) is 11.3 Å². The number of nitrogens with zero attached hydrogens (tertiary/aromatic N) is 1. The summed E-state index contributed by atoms with van der Waals surface area (Å²) >= 11 is 0. The second-order valence-electron chi connectivity index (χ2n) is 4.53. The zero-order valence-electron chi connectivity index (χ0n) is 10.0. The number of nitrogens with one attached hydrogen (secondary N) is 2. The van der Waals surface area contributed by atoms with Crippen molar-refractivity contribution in [1.82, 2.24) is 15.0 Å². The summed E-state index contributed by atoms with van der Waals surface area (Å²) < 4.78 is 0. The maximum Gasteiger partial charge on any atom is 0.140 e. The molecule has 3 rings (SSSR count). The second-order valence-corrected chi connectivity index (χ2v) is 4.53. The molecule has 3 aromatic heterocycles. The minimum atomic E-state index is 0.976. The lowest BCUT2D eigenvalue weighted by molar-refractivity contribution is 1.21. The molecule has 0 saturated carbocycles. The van der Waals surface area contributed by atoms with E-state index in [1.165, 1.54) is 33.3 Å². The Bertz CT molecular complexity index is 643. The van der Waals surface area contributed by atoms with Gasteiger partial charge in [0, 0.05) is 22.2 Å². The third-order valence-electron chi connectivity index (χ3n) is 3.57. The topological polar surface area (TPSA) is 44.5 Å². The molecule has 3 nitrogen and oxygen atoms in total. The van der Waals surface area contributed by atoms with E-state index in [0.29, 0.717) is 0 Å². The van der Waals surface area contributed by atoms with Crippen LogP contribution in [0.25, 0.3) is 22.1 Å². The van der Waals surface area contributed by atoms with Crippen LogP contribution < -0.4 is 0 Å². The van der Waals surface area contributed by atoms with E-state index < -0.39 is 0 Å². The van der Waals surface area contributed by atoms with Crippen LogP contribution in [-0.4, -0.2) is 15.0 Å². The monoisotopic (exact) mass is 213 g/mol. The molecular formula is C13H15N3. The Morgan fingerprint density at radius 2 is 1.25 bits per heavy atom. The smallest absolute Gasteiger partial charge is 0.140 e. The molecule has 0 saturated heterocycles. The fourth-order valence-corrected chi connectivity index (χ4v) is 2.22. The van der Waals surface area contributed by atoms with E-state index >= 15 is 0 Å². The van der Waals surface area contributed by atoms with E-state index in [4.69, 9.17) is 0 Å². The van der Waals surface area contributed by atoms with Crippen LogP contribution >= 0.6 is 0 Å². The van der Waals surface area contributed by atoms with Crippen molar-refractivity contribution >= 4 is 22.1 Å². The van der Waals surface area contributed by atoms with Gasteiger partial charge in [0.05, 0.1) is 0 Å². The molecule has 82 valence electrons. The Labute approximate surface area is 93.9 Å². The van der Waals surface area contributed by atoms with Gasteiger partial charge in [0.25, 0.3) is 0 Å². The standard InChI is InChI=1S/C13H15N3/c1-6-8(3)14-12-10(6)5-11-7(2)9(4)15-13(11)16-12/h5H,1-4H3,(H2,14,15,16). The summed E-state index contributed by atoms with van der Waals surface area (Å²) in [6, 6.07) is 2.23. The average Bonchev–Trinajstić information content (AvgIpc) is 2.66. The van der Waals surface area contributed by atoms with Crippen molar-refractivity contribution in [3.05, 3.63) is 28.6 Å². The summed E-state index contributed by atoms with van der Waals surface area (Å²) in [5.41, 5.74) is 6.94. The number of fused-ring (bicyclic) bond motifs is 2. The minimum absolute atomic E-state index is 0.976. The molecule has 0 unspecified atom stereocenters. The van der Waals surface area contributed by atoms with Crippen LogP contribution in [-0.2, 0) is 0 Å². The molecule has 0 aromatic carbocycles. The molecule has 0 aliphatic carbocycles. The van der Waals surface area contributed by atoms with Crippen molar-refractivity contribution in [2.24, 2.45) is 0 Å². The van der Waals surface area contributed by atoms with E-state index in [-0.39, 0.29) is 0 Å². The SMILES string of the molecule is Cc1[nH]c2nc3[nH]c(C)c(C)c3cc2c1C. The molecule has 0 fully saturated rings. The summed E-state index contributed by atoms with van der Waals surface area (Å²) in [5, 5.41) is 2.46. The summed E-state index contributed by atoms with van der Waals surface area (Å²) in [4.78, 5) is 11.3. The molecular weight excluding hydrogens is 198 g/mol. The number of hydrogen-bond donors (Lipinski definition) is 2. The lowest BCUT2D eigenvalue weighted by Crippen LogP contribution is -1.79. The summed E-state index contributed by atoms with van der Waals surface area (Å²) in [5.74, 6) is 0. The van der Waals surface area contributed by atoms with Gasteiger partial charge >= 0.3 is 0 Å². The number of hydrogen-bond acceptors (Lipinski definition) is 1. The van der Waals surface area contributed by atoms with Gasteiger partial charge in [-0.15, -0.1) is 0 Å². The lowest BCUT2D eigenvalue weighted by Gasteiger charge is -1.94. The number of H-pyrrole nitrogens is 2. The molecule has 0 radical (unpaired) electrons. The minimum Gasteiger partial charge on any atom is -0.343 e. The maximum atomic E-state index is 4.63. The van der Waals surface area contributed by atoms with Gasteiger partial charge in [-0.05, 0) is 44.9 Å². The Hall–Kier alpha value is -1.77. The van der Waals surface area contributed by atoms with Crippen molar-refractivity contribution in [3.8, 4) is 0 Å². The number of aromatic nitrogens is 3. The largest absolute Gasteiger partial charge is 0.343 e. The molecule has 0 spiro atoms. The number of aryl methyl sites for hydroxylation is 4. The summed E-state index contributed by atoms with van der Waals surface area (Å²) in [7, 11) is 0. The highest BCUT2D eigenvalue weighted by atomic mass is 14.9. The fraction of sp³-hybridized carbons (Fsp3) is 0.308. The highest BCUT2D eigenvalue weighted by Crippen LogP contribution is 2.27. The highest BCUT2D eigenvalue weighted by molar-refractivity contribution is 5.94. The van der Waals surface area contributed by atoms with Crippen molar-refractivity contribution in [1.29, 1.82) is 0 Å². The highest BCUT2D eigenvalue weighted by Gasteiger charge is 2.10. The van der Waals surface area contributed by atoms with Crippen LogP contribution in [0.2, 0.25) is 0 Å². The van der Waals surface area contributed by atoms with Gasteiger partial charge in [-0.1, -0.05) is 0 Å². The zero-order chi connectivity index (χ0) is 11.4. The van der Waals surface area contributed by atoms with Gasteiger partial charge in [-0.3, -0.25) is 0 Å². The van der Waals surface area contributed by atoms with E-state index in [1.807, 2.05) is 0 Å². The summed E-state index contributed by atoms with van der Waals surface area (Å²) in [6.07, 6.45) is 0. The maximum absolute atomic E-state index is 4.63. The second kappa shape index (κ2) is 2.88. The predicted octanol–water partition coefficient (Wildman–Crippen LogP) is 3.28. The van der Waals surface area contributed by atoms with E-state index in [9.17, 15) is 0 Å². The zero-order valence-corrected chi connectivity index (χ0v) is 10.0. The molecule has 0 bridgehead atoms. The van der Waals surface area contributed by atoms with Gasteiger partial charge in [-0.25, -0.2) is 4.98 Å². The van der Waals surface area contributed by atoms with Crippen LogP contribution in [0.4, 0.5) is 0 Å². The lowest BCUT2D eigenvalue weighted by atomic mass is 10.1. The third kappa shape index (κ3) is 1.06. The van der Waals surface area contributed by atoms with Crippen molar-refractivity contribution in [3.63, 3.8) is 0 Å². The molecule has 16 heavy (non-hydrogen) atoms. The van der Waals surface area contributed by atoms with Crippen LogP contribution in [0.5, 0.6) is 0 Å². The quantitative estimate of drug-likeness (QED) is 0.591. The Morgan fingerprint density at radius 3 is 1.69 bits per heavy atom. The molecule has 0 amide bonds. The van der Waals surface area contributed by atoms with E-state index in [2.05, 4.69) is 48.7 Å². The average molecular weight is 213 g/mol. The van der Waals surface area contributed by atoms with Gasteiger partial charge in [-0.2, -0.15) is 0 Å². The number of aromatic amines is 2. The molecule has 0 aliphatic rings. The fourth-order valence-electron chi connectivity index (χ4n) is 2.22. The van der Waals surface area contributed by atoms with Crippen LogP contribution in [0.15, 0.2) is 6.07 Å². The van der Waals surface area contributed by atoms with Crippen LogP contribution in [0, 0.1) is 27.7 Å². The van der Waals surface area contributed by atoms with Crippen LogP contribution in [0.1, 0.15) is 22.5 Å². The first-order chi connectivity index (χ1) is 7.58. The molecule has 3 aromatic rings. The molecule has 2 N–H and O–H groups in total. The van der Waals surface area contributed by atoms with Gasteiger partial charge in [0.15, 0.2) is 0 Å². The van der Waals surface area contributed by atoms with Crippen molar-refractivity contribution in [2.75, 3.05) is 0 Å². The van der Waals surface area contributed by atoms with Gasteiger partial charge < -0.3 is 9.97 Å². The van der Waals surface area contributed by atoms with Crippen LogP contribution in [0.3, 0.4) is 0 Å². The predicted molar refractivity (Wildman–Crippen MR) is 66.9 cm³/mol. The first-order valence-corrected chi connectivity index (χ1v) is 5.52. The Balaban J connectivity index is 2.53. The van der Waals surface area contributed by atoms with Crippen molar-refractivity contribution in [2.45, 2.75) is 27.7 Å². The number of rotatable bonds is 0. The van der Waals surface area contributed by atoms with Crippen molar-refractivity contribution < 1.29 is 0 Å². The Kier molecular flexibility index (Phi) is 1.70. The van der Waals surface area contributed by atoms with E-state index in [1.54, 1.807) is 0 Å². The summed E-state index contributed by atoms with van der Waals surface area (Å²) in [6.45, 7) is 8.44. The first kappa shape index (κ1) is 9.46. The molecule has 3 heterocycles.